The Morgan fingerprint density at radius 3 is 2.47 bits per heavy atom. The zero-order chi connectivity index (χ0) is 21.8. The van der Waals surface area contributed by atoms with Gasteiger partial charge < -0.3 is 10.2 Å². The fourth-order valence-electron chi connectivity index (χ4n) is 3.03. The molecular weight excluding hydrogens is 425 g/mol. The lowest BCUT2D eigenvalue weighted by Crippen LogP contribution is -2.30. The van der Waals surface area contributed by atoms with Crippen LogP contribution in [0.15, 0.2) is 42.5 Å². The third-order valence-electron chi connectivity index (χ3n) is 4.67. The van der Waals surface area contributed by atoms with Crippen LogP contribution >= 0.6 is 23.2 Å². The summed E-state index contributed by atoms with van der Waals surface area (Å²) in [5.41, 5.74) is 2.29. The van der Waals surface area contributed by atoms with E-state index in [2.05, 4.69) is 15.6 Å². The van der Waals surface area contributed by atoms with Crippen LogP contribution in [0.2, 0.25) is 10.0 Å². The van der Waals surface area contributed by atoms with Crippen LogP contribution in [0.25, 0.3) is 5.69 Å². The van der Waals surface area contributed by atoms with Gasteiger partial charge in [0.05, 0.1) is 22.0 Å². The van der Waals surface area contributed by atoms with E-state index in [4.69, 9.17) is 23.2 Å². The van der Waals surface area contributed by atoms with E-state index in [1.807, 2.05) is 19.9 Å². The van der Waals surface area contributed by atoms with Crippen molar-refractivity contribution in [1.29, 1.82) is 0 Å². The minimum atomic E-state index is -0.431. The second-order valence-electron chi connectivity index (χ2n) is 6.54. The maximum atomic E-state index is 12.7. The smallest absolute Gasteiger partial charge is 0.278 e. The number of benzene rings is 2. The van der Waals surface area contributed by atoms with Gasteiger partial charge in [-0.05, 0) is 57.2 Å². The third kappa shape index (κ3) is 4.47. The molecule has 1 heterocycles. The molecule has 9 heteroatoms. The van der Waals surface area contributed by atoms with E-state index in [-0.39, 0.29) is 16.6 Å². The summed E-state index contributed by atoms with van der Waals surface area (Å²) >= 11 is 12.3. The van der Waals surface area contributed by atoms with Crippen LogP contribution in [-0.2, 0) is 0 Å². The molecule has 0 saturated carbocycles. The Hall–Kier alpha value is -2.90. The molecule has 7 nitrogen and oxygen atoms in total. The van der Waals surface area contributed by atoms with Crippen LogP contribution in [0.1, 0.15) is 40.4 Å². The topological polar surface area (TPSA) is 80.1 Å². The molecule has 3 rings (SSSR count). The first-order valence-corrected chi connectivity index (χ1v) is 10.2. The summed E-state index contributed by atoms with van der Waals surface area (Å²) < 4.78 is 1.54. The van der Waals surface area contributed by atoms with Gasteiger partial charge in [-0.25, -0.2) is 4.68 Å². The number of nitrogens with zero attached hydrogens (tertiary/aromatic N) is 4. The predicted octanol–water partition coefficient (Wildman–Crippen LogP) is 4.62. The molecule has 0 fully saturated rings. The van der Waals surface area contributed by atoms with Crippen LogP contribution in [0.5, 0.6) is 0 Å². The highest BCUT2D eigenvalue weighted by molar-refractivity contribution is 6.34. The number of hydrogen-bond acceptors (Lipinski definition) is 4. The molecule has 0 radical (unpaired) electrons. The monoisotopic (exact) mass is 445 g/mol. The molecule has 0 atom stereocenters. The van der Waals surface area contributed by atoms with E-state index in [1.54, 1.807) is 52.9 Å². The van der Waals surface area contributed by atoms with Gasteiger partial charge in [0.15, 0.2) is 5.69 Å². The van der Waals surface area contributed by atoms with Crippen molar-refractivity contribution in [3.05, 3.63) is 69.5 Å². The average molecular weight is 446 g/mol. The van der Waals surface area contributed by atoms with Gasteiger partial charge in [-0.15, -0.1) is 5.10 Å². The van der Waals surface area contributed by atoms with Crippen LogP contribution in [-0.4, -0.2) is 44.8 Å². The van der Waals surface area contributed by atoms with Gasteiger partial charge in [-0.2, -0.15) is 0 Å². The second kappa shape index (κ2) is 9.28. The Morgan fingerprint density at radius 1 is 1.10 bits per heavy atom. The van der Waals surface area contributed by atoms with Crippen molar-refractivity contribution in [2.45, 2.75) is 20.8 Å². The lowest BCUT2D eigenvalue weighted by atomic mass is 10.1. The van der Waals surface area contributed by atoms with Gasteiger partial charge >= 0.3 is 0 Å². The Morgan fingerprint density at radius 2 is 1.83 bits per heavy atom. The number of carbonyl (C=O) groups is 2. The van der Waals surface area contributed by atoms with Crippen molar-refractivity contribution in [2.24, 2.45) is 0 Å². The van der Waals surface area contributed by atoms with Crippen LogP contribution in [0, 0.1) is 6.92 Å². The largest absolute Gasteiger partial charge is 0.339 e. The van der Waals surface area contributed by atoms with E-state index in [0.717, 1.165) is 0 Å². The summed E-state index contributed by atoms with van der Waals surface area (Å²) in [5, 5.41) is 11.6. The molecule has 2 aromatic carbocycles. The first-order chi connectivity index (χ1) is 14.3. The highest BCUT2D eigenvalue weighted by Gasteiger charge is 2.20. The molecule has 1 aromatic heterocycles. The highest BCUT2D eigenvalue weighted by atomic mass is 35.5. The summed E-state index contributed by atoms with van der Waals surface area (Å²) in [5.74, 6) is -0.581. The number of halogens is 2. The highest BCUT2D eigenvalue weighted by Crippen LogP contribution is 2.23. The maximum Gasteiger partial charge on any atom is 0.278 e. The molecule has 0 aliphatic carbocycles. The van der Waals surface area contributed by atoms with Crippen LogP contribution < -0.4 is 5.32 Å². The fourth-order valence-corrected chi connectivity index (χ4v) is 3.48. The lowest BCUT2D eigenvalue weighted by molar-refractivity contribution is 0.0773. The lowest BCUT2D eigenvalue weighted by Gasteiger charge is -2.19. The zero-order valence-corrected chi connectivity index (χ0v) is 18.3. The average Bonchev–Trinajstić information content (AvgIpc) is 3.10. The summed E-state index contributed by atoms with van der Waals surface area (Å²) in [7, 11) is 0. The summed E-state index contributed by atoms with van der Waals surface area (Å²) in [4.78, 5) is 26.9. The standard InChI is InChI=1S/C21H21Cl2N5O2/c1-4-27(5-2)21(30)17-10-9-15(12-18(17)23)24-20(29)19-13(3)28(26-25-19)16-8-6-7-14(22)11-16/h6-12H,4-5H2,1-3H3,(H,24,29). The molecule has 0 unspecified atom stereocenters. The molecule has 156 valence electrons. The van der Waals surface area contributed by atoms with E-state index >= 15 is 0 Å². The predicted molar refractivity (Wildman–Crippen MR) is 118 cm³/mol. The molecule has 0 saturated heterocycles. The Balaban J connectivity index is 1.80. The third-order valence-corrected chi connectivity index (χ3v) is 5.22. The Bertz CT molecular complexity index is 1090. The quantitative estimate of drug-likeness (QED) is 0.600. The Labute approximate surface area is 184 Å². The molecule has 0 aliphatic heterocycles. The summed E-state index contributed by atoms with van der Waals surface area (Å²) in [6, 6.07) is 11.9. The normalized spacial score (nSPS) is 10.7. The van der Waals surface area contributed by atoms with Crippen molar-refractivity contribution in [3.63, 3.8) is 0 Å². The number of anilines is 1. The number of aromatic nitrogens is 3. The molecule has 3 aromatic rings. The van der Waals surface area contributed by atoms with Gasteiger partial charge in [0, 0.05) is 23.8 Å². The number of rotatable bonds is 6. The van der Waals surface area contributed by atoms with Gasteiger partial charge in [0.1, 0.15) is 0 Å². The van der Waals surface area contributed by atoms with Crippen LogP contribution in [0.4, 0.5) is 5.69 Å². The van der Waals surface area contributed by atoms with Crippen molar-refractivity contribution >= 4 is 40.7 Å². The summed E-state index contributed by atoms with van der Waals surface area (Å²) in [6.45, 7) is 6.73. The minimum Gasteiger partial charge on any atom is -0.339 e. The molecule has 30 heavy (non-hydrogen) atoms. The SMILES string of the molecule is CCN(CC)C(=O)c1ccc(NC(=O)c2nnn(-c3cccc(Cl)c3)c2C)cc1Cl. The molecule has 0 bridgehead atoms. The first-order valence-electron chi connectivity index (χ1n) is 9.44. The van der Waals surface area contributed by atoms with E-state index in [0.29, 0.717) is 40.7 Å². The van der Waals surface area contributed by atoms with Gasteiger partial charge in [-0.3, -0.25) is 9.59 Å². The number of amides is 2. The zero-order valence-electron chi connectivity index (χ0n) is 16.8. The minimum absolute atomic E-state index is 0.150. The maximum absolute atomic E-state index is 12.7. The number of hydrogen-bond donors (Lipinski definition) is 1. The Kier molecular flexibility index (Phi) is 6.74. The van der Waals surface area contributed by atoms with Crippen molar-refractivity contribution < 1.29 is 9.59 Å². The van der Waals surface area contributed by atoms with Gasteiger partial charge in [-0.1, -0.05) is 34.5 Å². The van der Waals surface area contributed by atoms with Crippen molar-refractivity contribution in [1.82, 2.24) is 19.9 Å². The number of nitrogens with one attached hydrogen (secondary N) is 1. The van der Waals surface area contributed by atoms with Crippen molar-refractivity contribution in [2.75, 3.05) is 18.4 Å². The molecular formula is C21H21Cl2N5O2. The van der Waals surface area contributed by atoms with E-state index in [9.17, 15) is 9.59 Å². The first kappa shape index (κ1) is 21.8. The molecule has 2 amide bonds. The van der Waals surface area contributed by atoms with Crippen molar-refractivity contribution in [3.8, 4) is 5.69 Å². The van der Waals surface area contributed by atoms with E-state index < -0.39 is 5.91 Å². The van der Waals surface area contributed by atoms with Crippen LogP contribution in [0.3, 0.4) is 0 Å². The molecule has 0 spiro atoms. The van der Waals surface area contributed by atoms with E-state index in [1.165, 1.54) is 0 Å². The second-order valence-corrected chi connectivity index (χ2v) is 7.38. The fraction of sp³-hybridized carbons (Fsp3) is 0.238. The van der Waals surface area contributed by atoms with Gasteiger partial charge in [0.25, 0.3) is 11.8 Å². The number of carbonyl (C=O) groups excluding carboxylic acids is 2. The molecule has 0 aliphatic rings. The van der Waals surface area contributed by atoms with Gasteiger partial charge in [0.2, 0.25) is 0 Å². The molecule has 1 N–H and O–H groups in total. The summed E-state index contributed by atoms with van der Waals surface area (Å²) in [6.07, 6.45) is 0.